The van der Waals surface area contributed by atoms with Crippen molar-refractivity contribution in [2.24, 2.45) is 0 Å². The molecular formula is C13H16F3NO. The molecule has 0 aliphatic heterocycles. The third-order valence-electron chi connectivity index (χ3n) is 3.30. The Hall–Kier alpha value is -1.07. The van der Waals surface area contributed by atoms with Crippen molar-refractivity contribution < 1.29 is 18.3 Å². The van der Waals surface area contributed by atoms with Gasteiger partial charge in [-0.15, -0.1) is 0 Å². The Morgan fingerprint density at radius 2 is 2.06 bits per heavy atom. The number of nitrogens with one attached hydrogen (secondary N) is 1. The highest BCUT2D eigenvalue weighted by Gasteiger charge is 2.30. The fraction of sp³-hybridized carbons (Fsp3) is 0.538. The molecule has 0 spiro atoms. The van der Waals surface area contributed by atoms with Gasteiger partial charge in [0.1, 0.15) is 0 Å². The van der Waals surface area contributed by atoms with Gasteiger partial charge in [0.25, 0.3) is 0 Å². The van der Waals surface area contributed by atoms with E-state index >= 15 is 0 Å². The largest absolute Gasteiger partial charge is 0.416 e. The van der Waals surface area contributed by atoms with E-state index in [9.17, 15) is 18.3 Å². The van der Waals surface area contributed by atoms with E-state index in [4.69, 9.17) is 0 Å². The quantitative estimate of drug-likeness (QED) is 0.874. The topological polar surface area (TPSA) is 32.3 Å². The molecule has 0 bridgehead atoms. The number of hydrogen-bond acceptors (Lipinski definition) is 2. The van der Waals surface area contributed by atoms with Crippen LogP contribution in [0.1, 0.15) is 30.4 Å². The SMILES string of the molecule is O[C@H]1CCC[C@@H]1NCc1cccc(C(F)(F)F)c1. The third-order valence-corrected chi connectivity index (χ3v) is 3.30. The highest BCUT2D eigenvalue weighted by molar-refractivity contribution is 5.25. The van der Waals surface area contributed by atoms with Crippen molar-refractivity contribution in [1.29, 1.82) is 0 Å². The molecule has 2 rings (SSSR count). The van der Waals surface area contributed by atoms with Crippen LogP contribution < -0.4 is 5.32 Å². The second kappa shape index (κ2) is 5.28. The normalized spacial score (nSPS) is 24.4. The number of hydrogen-bond donors (Lipinski definition) is 2. The summed E-state index contributed by atoms with van der Waals surface area (Å²) in [7, 11) is 0. The molecule has 2 N–H and O–H groups in total. The van der Waals surface area contributed by atoms with Crippen molar-refractivity contribution in [2.45, 2.75) is 44.1 Å². The number of rotatable bonds is 3. The molecule has 100 valence electrons. The molecule has 1 aliphatic carbocycles. The van der Waals surface area contributed by atoms with E-state index in [1.807, 2.05) is 0 Å². The second-order valence-corrected chi connectivity index (χ2v) is 4.68. The molecule has 2 atom stereocenters. The first kappa shape index (κ1) is 13.4. The van der Waals surface area contributed by atoms with Gasteiger partial charge in [-0.2, -0.15) is 13.2 Å². The number of halogens is 3. The summed E-state index contributed by atoms with van der Waals surface area (Å²) in [6.45, 7) is 0.353. The Labute approximate surface area is 104 Å². The molecule has 0 aromatic heterocycles. The van der Waals surface area contributed by atoms with Crippen LogP contribution in [-0.2, 0) is 12.7 Å². The lowest BCUT2D eigenvalue weighted by molar-refractivity contribution is -0.137. The highest BCUT2D eigenvalue weighted by atomic mass is 19.4. The molecule has 1 aliphatic rings. The maximum absolute atomic E-state index is 12.5. The molecule has 5 heteroatoms. The summed E-state index contributed by atoms with van der Waals surface area (Å²) in [5.74, 6) is 0. The van der Waals surface area contributed by atoms with Crippen LogP contribution in [0.2, 0.25) is 0 Å². The van der Waals surface area contributed by atoms with E-state index in [2.05, 4.69) is 5.32 Å². The summed E-state index contributed by atoms with van der Waals surface area (Å²) in [4.78, 5) is 0. The summed E-state index contributed by atoms with van der Waals surface area (Å²) in [6, 6.07) is 5.27. The van der Waals surface area contributed by atoms with Crippen molar-refractivity contribution >= 4 is 0 Å². The van der Waals surface area contributed by atoms with Gasteiger partial charge in [0.2, 0.25) is 0 Å². The number of aliphatic hydroxyl groups is 1. The molecule has 0 saturated heterocycles. The lowest BCUT2D eigenvalue weighted by Crippen LogP contribution is -2.35. The highest BCUT2D eigenvalue weighted by Crippen LogP contribution is 2.29. The Morgan fingerprint density at radius 1 is 1.28 bits per heavy atom. The lowest BCUT2D eigenvalue weighted by Gasteiger charge is -2.17. The molecule has 1 aromatic rings. The van der Waals surface area contributed by atoms with Crippen LogP contribution in [0.4, 0.5) is 13.2 Å². The van der Waals surface area contributed by atoms with Crippen LogP contribution in [0.5, 0.6) is 0 Å². The van der Waals surface area contributed by atoms with Gasteiger partial charge in [-0.25, -0.2) is 0 Å². The summed E-state index contributed by atoms with van der Waals surface area (Å²) in [5, 5.41) is 12.7. The smallest absolute Gasteiger partial charge is 0.392 e. The monoisotopic (exact) mass is 259 g/mol. The average Bonchev–Trinajstić information content (AvgIpc) is 2.72. The molecule has 0 amide bonds. The molecule has 0 unspecified atom stereocenters. The zero-order valence-electron chi connectivity index (χ0n) is 9.87. The van der Waals surface area contributed by atoms with Crippen LogP contribution >= 0.6 is 0 Å². The zero-order valence-corrected chi connectivity index (χ0v) is 9.87. The van der Waals surface area contributed by atoms with Crippen molar-refractivity contribution in [3.05, 3.63) is 35.4 Å². The minimum atomic E-state index is -4.30. The minimum Gasteiger partial charge on any atom is -0.392 e. The third kappa shape index (κ3) is 3.23. The van der Waals surface area contributed by atoms with Crippen LogP contribution in [0.15, 0.2) is 24.3 Å². The fourth-order valence-corrected chi connectivity index (χ4v) is 2.29. The van der Waals surface area contributed by atoms with Crippen LogP contribution in [0.3, 0.4) is 0 Å². The molecule has 0 radical (unpaired) electrons. The predicted molar refractivity (Wildman–Crippen MR) is 61.9 cm³/mol. The molecule has 2 nitrogen and oxygen atoms in total. The van der Waals surface area contributed by atoms with Gasteiger partial charge in [0, 0.05) is 12.6 Å². The van der Waals surface area contributed by atoms with E-state index in [0.717, 1.165) is 31.4 Å². The van der Waals surface area contributed by atoms with E-state index in [-0.39, 0.29) is 12.1 Å². The zero-order chi connectivity index (χ0) is 13.2. The van der Waals surface area contributed by atoms with E-state index in [1.54, 1.807) is 6.07 Å². The second-order valence-electron chi connectivity index (χ2n) is 4.68. The van der Waals surface area contributed by atoms with E-state index in [0.29, 0.717) is 12.1 Å². The molecular weight excluding hydrogens is 243 g/mol. The Balaban J connectivity index is 1.97. The summed E-state index contributed by atoms with van der Waals surface area (Å²) >= 11 is 0. The van der Waals surface area contributed by atoms with Crippen molar-refractivity contribution in [2.75, 3.05) is 0 Å². The van der Waals surface area contributed by atoms with Gasteiger partial charge in [0.05, 0.1) is 11.7 Å². The van der Waals surface area contributed by atoms with Gasteiger partial charge in [-0.3, -0.25) is 0 Å². The van der Waals surface area contributed by atoms with Gasteiger partial charge < -0.3 is 10.4 Å². The molecule has 1 saturated carbocycles. The van der Waals surface area contributed by atoms with Crippen LogP contribution in [0, 0.1) is 0 Å². The molecule has 18 heavy (non-hydrogen) atoms. The Morgan fingerprint density at radius 3 is 2.67 bits per heavy atom. The van der Waals surface area contributed by atoms with Gasteiger partial charge in [-0.1, -0.05) is 18.2 Å². The molecule has 1 fully saturated rings. The van der Waals surface area contributed by atoms with E-state index in [1.165, 1.54) is 6.07 Å². The van der Waals surface area contributed by atoms with Gasteiger partial charge in [-0.05, 0) is 30.9 Å². The Kier molecular flexibility index (Phi) is 3.92. The maximum atomic E-state index is 12.5. The Bertz CT molecular complexity index is 405. The first-order valence-corrected chi connectivity index (χ1v) is 6.04. The van der Waals surface area contributed by atoms with Gasteiger partial charge in [0.15, 0.2) is 0 Å². The van der Waals surface area contributed by atoms with Crippen molar-refractivity contribution in [3.8, 4) is 0 Å². The average molecular weight is 259 g/mol. The number of alkyl halides is 3. The molecule has 0 heterocycles. The minimum absolute atomic E-state index is 0.000423. The summed E-state index contributed by atoms with van der Waals surface area (Å²) in [6.07, 6.45) is -2.08. The van der Waals surface area contributed by atoms with Crippen LogP contribution in [-0.4, -0.2) is 17.3 Å². The van der Waals surface area contributed by atoms with E-state index < -0.39 is 11.7 Å². The molecule has 1 aromatic carbocycles. The predicted octanol–water partition coefficient (Wildman–Crippen LogP) is 2.71. The van der Waals surface area contributed by atoms with Crippen molar-refractivity contribution in [3.63, 3.8) is 0 Å². The first-order valence-electron chi connectivity index (χ1n) is 6.04. The fourth-order valence-electron chi connectivity index (χ4n) is 2.29. The lowest BCUT2D eigenvalue weighted by atomic mass is 10.1. The van der Waals surface area contributed by atoms with Gasteiger partial charge >= 0.3 is 6.18 Å². The number of benzene rings is 1. The summed E-state index contributed by atoms with van der Waals surface area (Å²) in [5.41, 5.74) is -0.0438. The number of aliphatic hydroxyl groups excluding tert-OH is 1. The van der Waals surface area contributed by atoms with Crippen molar-refractivity contribution in [1.82, 2.24) is 5.32 Å². The maximum Gasteiger partial charge on any atom is 0.416 e. The van der Waals surface area contributed by atoms with Crippen LogP contribution in [0.25, 0.3) is 0 Å². The first-order chi connectivity index (χ1) is 8.47. The summed E-state index contributed by atoms with van der Waals surface area (Å²) < 4.78 is 37.5. The standard InChI is InChI=1S/C13H16F3NO/c14-13(15,16)10-4-1-3-9(7-10)8-17-11-5-2-6-12(11)18/h1,3-4,7,11-12,17-18H,2,5-6,8H2/t11-,12-/m0/s1.